The number of hydrogen-bond acceptors (Lipinski definition) is 4. The summed E-state index contributed by atoms with van der Waals surface area (Å²) in [5.74, 6) is 1.37. The fourth-order valence-electron chi connectivity index (χ4n) is 1.88. The molecule has 2 aromatic rings. The number of oxazole rings is 1. The molecule has 1 heterocycles. The number of aromatic nitrogens is 1. The first-order valence-corrected chi connectivity index (χ1v) is 6.99. The van der Waals surface area contributed by atoms with E-state index in [1.807, 2.05) is 31.3 Å². The minimum Gasteiger partial charge on any atom is -0.439 e. The molecule has 0 radical (unpaired) electrons. The van der Waals surface area contributed by atoms with Crippen LogP contribution < -0.4 is 0 Å². The molecule has 2 rings (SSSR count). The molecule has 1 unspecified atom stereocenters. The molecular weight excluding hydrogens is 276 g/mol. The topological polar surface area (TPSA) is 49.5 Å². The van der Waals surface area contributed by atoms with Crippen LogP contribution in [0.25, 0.3) is 11.3 Å². The molecule has 0 bridgehead atoms. The van der Waals surface area contributed by atoms with Gasteiger partial charge in [-0.3, -0.25) is 4.90 Å². The molecule has 5 heteroatoms. The van der Waals surface area contributed by atoms with E-state index in [0.29, 0.717) is 23.2 Å². The Bertz CT molecular complexity index is 554. The van der Waals surface area contributed by atoms with Gasteiger partial charge in [-0.1, -0.05) is 23.7 Å². The van der Waals surface area contributed by atoms with Gasteiger partial charge in [-0.25, -0.2) is 4.98 Å². The van der Waals surface area contributed by atoms with E-state index < -0.39 is 0 Å². The van der Waals surface area contributed by atoms with E-state index in [1.165, 1.54) is 0 Å². The zero-order valence-electron chi connectivity index (χ0n) is 11.7. The third kappa shape index (κ3) is 4.34. The number of aliphatic hydroxyl groups excluding tert-OH is 1. The molecule has 20 heavy (non-hydrogen) atoms. The van der Waals surface area contributed by atoms with Crippen LogP contribution in [-0.4, -0.2) is 34.7 Å². The second kappa shape index (κ2) is 6.88. The van der Waals surface area contributed by atoms with Gasteiger partial charge in [0.05, 0.1) is 18.8 Å². The van der Waals surface area contributed by atoms with Crippen molar-refractivity contribution in [3.05, 3.63) is 41.4 Å². The summed E-state index contributed by atoms with van der Waals surface area (Å²) in [4.78, 5) is 6.35. The third-order valence-corrected chi connectivity index (χ3v) is 3.23. The van der Waals surface area contributed by atoms with E-state index in [1.54, 1.807) is 13.1 Å². The summed E-state index contributed by atoms with van der Waals surface area (Å²) in [5.41, 5.74) is 0.919. The van der Waals surface area contributed by atoms with Gasteiger partial charge in [0.2, 0.25) is 5.89 Å². The zero-order chi connectivity index (χ0) is 14.5. The van der Waals surface area contributed by atoms with Crippen LogP contribution >= 0.6 is 11.6 Å². The van der Waals surface area contributed by atoms with Gasteiger partial charge in [-0.05, 0) is 32.5 Å². The predicted octanol–water partition coefficient (Wildman–Crippen LogP) is 3.20. The van der Waals surface area contributed by atoms with E-state index in [0.717, 1.165) is 18.5 Å². The fraction of sp³-hybridized carbons (Fsp3) is 0.400. The van der Waals surface area contributed by atoms with Gasteiger partial charge in [-0.15, -0.1) is 0 Å². The van der Waals surface area contributed by atoms with Crippen LogP contribution in [0, 0.1) is 0 Å². The summed E-state index contributed by atoms with van der Waals surface area (Å²) in [7, 11) is 1.98. The van der Waals surface area contributed by atoms with E-state index in [2.05, 4.69) is 9.88 Å². The van der Waals surface area contributed by atoms with Crippen molar-refractivity contribution in [2.75, 3.05) is 13.6 Å². The molecule has 1 atom stereocenters. The Balaban J connectivity index is 1.99. The highest BCUT2D eigenvalue weighted by Crippen LogP contribution is 2.23. The second-order valence-corrected chi connectivity index (χ2v) is 5.44. The van der Waals surface area contributed by atoms with Crippen molar-refractivity contribution in [1.82, 2.24) is 9.88 Å². The lowest BCUT2D eigenvalue weighted by molar-refractivity contribution is 0.160. The molecule has 108 valence electrons. The number of aliphatic hydroxyl groups is 1. The molecule has 1 aromatic carbocycles. The molecule has 0 fully saturated rings. The van der Waals surface area contributed by atoms with Crippen LogP contribution in [0.5, 0.6) is 0 Å². The van der Waals surface area contributed by atoms with Crippen LogP contribution in [0.15, 0.2) is 34.9 Å². The maximum absolute atomic E-state index is 9.27. The largest absolute Gasteiger partial charge is 0.439 e. The molecule has 0 aliphatic carbocycles. The van der Waals surface area contributed by atoms with Gasteiger partial charge < -0.3 is 9.52 Å². The Hall–Kier alpha value is -1.36. The van der Waals surface area contributed by atoms with Crippen LogP contribution in [0.3, 0.4) is 0 Å². The lowest BCUT2D eigenvalue weighted by Crippen LogP contribution is -2.22. The van der Waals surface area contributed by atoms with Crippen molar-refractivity contribution in [2.24, 2.45) is 0 Å². The lowest BCUT2D eigenvalue weighted by Gasteiger charge is -2.15. The minimum absolute atomic E-state index is 0.288. The van der Waals surface area contributed by atoms with Crippen molar-refractivity contribution in [1.29, 1.82) is 0 Å². The molecule has 0 aliphatic rings. The maximum Gasteiger partial charge on any atom is 0.209 e. The molecule has 0 spiro atoms. The number of halogens is 1. The fourth-order valence-corrected chi connectivity index (χ4v) is 2.07. The Morgan fingerprint density at radius 2 is 2.25 bits per heavy atom. The number of benzene rings is 1. The monoisotopic (exact) mass is 294 g/mol. The molecule has 1 N–H and O–H groups in total. The molecule has 1 aromatic heterocycles. The van der Waals surface area contributed by atoms with Gasteiger partial charge in [0.25, 0.3) is 0 Å². The maximum atomic E-state index is 9.27. The van der Waals surface area contributed by atoms with Crippen LogP contribution in [-0.2, 0) is 6.54 Å². The van der Waals surface area contributed by atoms with E-state index >= 15 is 0 Å². The molecule has 0 saturated heterocycles. The summed E-state index contributed by atoms with van der Waals surface area (Å²) in [5, 5.41) is 9.94. The molecule has 0 saturated carbocycles. The molecule has 0 amide bonds. The summed E-state index contributed by atoms with van der Waals surface area (Å²) in [6.45, 7) is 3.20. The standard InChI is InChI=1S/C15H19ClN2O2/c1-11(19)6-7-18(2)10-15-17-9-14(20-15)12-4-3-5-13(16)8-12/h3-5,8-9,11,19H,6-7,10H2,1-2H3. The summed E-state index contributed by atoms with van der Waals surface area (Å²) >= 11 is 5.96. The van der Waals surface area contributed by atoms with Crippen molar-refractivity contribution >= 4 is 11.6 Å². The van der Waals surface area contributed by atoms with Crippen LogP contribution in [0.2, 0.25) is 5.02 Å². The highest BCUT2D eigenvalue weighted by molar-refractivity contribution is 6.30. The van der Waals surface area contributed by atoms with Crippen molar-refractivity contribution in [3.63, 3.8) is 0 Å². The van der Waals surface area contributed by atoms with Gasteiger partial charge >= 0.3 is 0 Å². The highest BCUT2D eigenvalue weighted by Gasteiger charge is 2.09. The SMILES string of the molecule is CC(O)CCN(C)Cc1ncc(-c2cccc(Cl)c2)o1. The summed E-state index contributed by atoms with van der Waals surface area (Å²) in [6.07, 6.45) is 2.16. The Kier molecular flexibility index (Phi) is 5.17. The van der Waals surface area contributed by atoms with Crippen molar-refractivity contribution in [2.45, 2.75) is 26.0 Å². The predicted molar refractivity (Wildman–Crippen MR) is 79.6 cm³/mol. The van der Waals surface area contributed by atoms with Gasteiger partial charge in [0.15, 0.2) is 5.76 Å². The second-order valence-electron chi connectivity index (χ2n) is 5.00. The van der Waals surface area contributed by atoms with Gasteiger partial charge in [0.1, 0.15) is 0 Å². The molecule has 0 aliphatic heterocycles. The van der Waals surface area contributed by atoms with Crippen molar-refractivity contribution < 1.29 is 9.52 Å². The molecular formula is C15H19ClN2O2. The smallest absolute Gasteiger partial charge is 0.209 e. The quantitative estimate of drug-likeness (QED) is 0.889. The number of nitrogens with zero attached hydrogens (tertiary/aromatic N) is 2. The first-order valence-electron chi connectivity index (χ1n) is 6.62. The van der Waals surface area contributed by atoms with Crippen LogP contribution in [0.1, 0.15) is 19.2 Å². The average molecular weight is 295 g/mol. The number of rotatable bonds is 6. The summed E-state index contributed by atoms with van der Waals surface area (Å²) < 4.78 is 5.73. The Morgan fingerprint density at radius 3 is 2.95 bits per heavy atom. The van der Waals surface area contributed by atoms with Crippen molar-refractivity contribution in [3.8, 4) is 11.3 Å². The normalized spacial score (nSPS) is 12.8. The zero-order valence-corrected chi connectivity index (χ0v) is 12.5. The Morgan fingerprint density at radius 1 is 1.45 bits per heavy atom. The number of hydrogen-bond donors (Lipinski definition) is 1. The average Bonchev–Trinajstić information content (AvgIpc) is 2.85. The minimum atomic E-state index is -0.288. The summed E-state index contributed by atoms with van der Waals surface area (Å²) in [6, 6.07) is 7.50. The third-order valence-electron chi connectivity index (χ3n) is 3.00. The van der Waals surface area contributed by atoms with E-state index in [4.69, 9.17) is 16.0 Å². The van der Waals surface area contributed by atoms with Gasteiger partial charge in [0, 0.05) is 17.1 Å². The van der Waals surface area contributed by atoms with E-state index in [9.17, 15) is 5.11 Å². The van der Waals surface area contributed by atoms with Crippen LogP contribution in [0.4, 0.5) is 0 Å². The first-order chi connectivity index (χ1) is 9.54. The first kappa shape index (κ1) is 15.0. The molecule has 4 nitrogen and oxygen atoms in total. The highest BCUT2D eigenvalue weighted by atomic mass is 35.5. The van der Waals surface area contributed by atoms with Gasteiger partial charge in [-0.2, -0.15) is 0 Å². The Labute approximate surface area is 124 Å². The van der Waals surface area contributed by atoms with E-state index in [-0.39, 0.29) is 6.10 Å². The lowest BCUT2D eigenvalue weighted by atomic mass is 10.2.